The lowest BCUT2D eigenvalue weighted by atomic mass is 10.1. The van der Waals surface area contributed by atoms with Crippen molar-refractivity contribution in [3.63, 3.8) is 0 Å². The molecule has 2 aromatic carbocycles. The lowest BCUT2D eigenvalue weighted by Gasteiger charge is -2.33. The minimum atomic E-state index is -3.88. The Kier molecular flexibility index (Phi) is 11.5. The van der Waals surface area contributed by atoms with Crippen molar-refractivity contribution in [1.29, 1.82) is 0 Å². The highest BCUT2D eigenvalue weighted by Gasteiger charge is 2.33. The van der Waals surface area contributed by atoms with Gasteiger partial charge in [0.2, 0.25) is 21.8 Å². The number of nitrogens with one attached hydrogen (secondary N) is 1. The molecule has 0 bridgehead atoms. The van der Waals surface area contributed by atoms with Gasteiger partial charge in [-0.25, -0.2) is 8.42 Å². The van der Waals surface area contributed by atoms with Gasteiger partial charge in [0, 0.05) is 12.6 Å². The van der Waals surface area contributed by atoms with Gasteiger partial charge in [0.25, 0.3) is 0 Å². The molecule has 8 nitrogen and oxygen atoms in total. The minimum absolute atomic E-state index is 0.0346. The van der Waals surface area contributed by atoms with Crippen molar-refractivity contribution in [3.8, 4) is 5.75 Å². The van der Waals surface area contributed by atoms with Gasteiger partial charge >= 0.3 is 0 Å². The molecular formula is C26H35Cl2N3O5S. The predicted molar refractivity (Wildman–Crippen MR) is 149 cm³/mol. The van der Waals surface area contributed by atoms with Gasteiger partial charge in [0.1, 0.15) is 18.3 Å². The predicted octanol–water partition coefficient (Wildman–Crippen LogP) is 4.88. The third-order valence-electron chi connectivity index (χ3n) is 5.84. The average Bonchev–Trinajstić information content (AvgIpc) is 2.84. The number of hydrogen-bond acceptors (Lipinski definition) is 5. The maximum absolute atomic E-state index is 13.8. The Morgan fingerprint density at radius 2 is 1.70 bits per heavy atom. The van der Waals surface area contributed by atoms with Gasteiger partial charge < -0.3 is 15.0 Å². The molecule has 0 aliphatic heterocycles. The lowest BCUT2D eigenvalue weighted by molar-refractivity contribution is -0.140. The van der Waals surface area contributed by atoms with Crippen LogP contribution in [0.25, 0.3) is 0 Å². The molecule has 2 aromatic rings. The van der Waals surface area contributed by atoms with E-state index in [9.17, 15) is 18.0 Å². The van der Waals surface area contributed by atoms with Gasteiger partial charge in [-0.05, 0) is 56.5 Å². The second-order valence-electron chi connectivity index (χ2n) is 8.68. The number of carbonyl (C=O) groups excluding carboxylic acids is 2. The van der Waals surface area contributed by atoms with E-state index in [0.29, 0.717) is 34.4 Å². The number of hydrogen-bond donors (Lipinski definition) is 1. The van der Waals surface area contributed by atoms with Crippen LogP contribution in [-0.4, -0.2) is 56.6 Å². The van der Waals surface area contributed by atoms with Crippen LogP contribution in [0, 0.1) is 0 Å². The first-order valence-electron chi connectivity index (χ1n) is 12.2. The number of amides is 2. The minimum Gasteiger partial charge on any atom is -0.492 e. The standard InChI is InChI=1S/C26H35Cl2N3O5S/c1-6-18(4)29-26(33)22(7-2)30(16-19-13-14-20(27)21(28)15-19)25(32)17-31(37(5,34)35)23-11-9-10-12-24(23)36-8-3/h9-15,18,22H,6-8,16-17H2,1-5H3,(H,29,33)/t18-,22+/m0/s1. The van der Waals surface area contributed by atoms with Gasteiger partial charge in [0.05, 0.1) is 28.6 Å². The molecule has 2 rings (SSSR count). The summed E-state index contributed by atoms with van der Waals surface area (Å²) in [4.78, 5) is 28.4. The van der Waals surface area contributed by atoms with Crippen molar-refractivity contribution < 1.29 is 22.7 Å². The third-order valence-corrected chi connectivity index (χ3v) is 7.70. The van der Waals surface area contributed by atoms with E-state index in [-0.39, 0.29) is 24.2 Å². The van der Waals surface area contributed by atoms with Crippen LogP contribution in [-0.2, 0) is 26.2 Å². The van der Waals surface area contributed by atoms with E-state index in [1.807, 2.05) is 13.8 Å². The van der Waals surface area contributed by atoms with Gasteiger partial charge in [-0.15, -0.1) is 0 Å². The maximum atomic E-state index is 13.8. The van der Waals surface area contributed by atoms with E-state index in [1.54, 1.807) is 56.3 Å². The van der Waals surface area contributed by atoms with Gasteiger partial charge in [-0.2, -0.15) is 0 Å². The number of sulfonamides is 1. The molecule has 0 aromatic heterocycles. The summed E-state index contributed by atoms with van der Waals surface area (Å²) in [6.07, 6.45) is 2.07. The molecule has 11 heteroatoms. The van der Waals surface area contributed by atoms with Gasteiger partial charge in [0.15, 0.2) is 0 Å². The van der Waals surface area contributed by atoms with Crippen LogP contribution in [0.15, 0.2) is 42.5 Å². The maximum Gasteiger partial charge on any atom is 0.244 e. The molecule has 2 atom stereocenters. The number of anilines is 1. The van der Waals surface area contributed by atoms with Crippen LogP contribution in [0.3, 0.4) is 0 Å². The highest BCUT2D eigenvalue weighted by Crippen LogP contribution is 2.30. The van der Waals surface area contributed by atoms with Crippen molar-refractivity contribution in [1.82, 2.24) is 10.2 Å². The van der Waals surface area contributed by atoms with Crippen LogP contribution >= 0.6 is 23.2 Å². The molecule has 0 aliphatic rings. The first kappa shape index (κ1) is 30.7. The Morgan fingerprint density at radius 1 is 1.03 bits per heavy atom. The molecule has 0 spiro atoms. The van der Waals surface area contributed by atoms with Crippen molar-refractivity contribution >= 4 is 50.7 Å². The van der Waals surface area contributed by atoms with Crippen LogP contribution in [0.5, 0.6) is 5.75 Å². The monoisotopic (exact) mass is 571 g/mol. The Labute approximate surface area is 229 Å². The number of halogens is 2. The smallest absolute Gasteiger partial charge is 0.244 e. The summed E-state index contributed by atoms with van der Waals surface area (Å²) in [6.45, 7) is 7.25. The fraction of sp³-hybridized carbons (Fsp3) is 0.462. The molecule has 0 saturated carbocycles. The summed E-state index contributed by atoms with van der Waals surface area (Å²) in [5.41, 5.74) is 0.893. The second-order valence-corrected chi connectivity index (χ2v) is 11.4. The van der Waals surface area contributed by atoms with E-state index in [1.165, 1.54) is 4.90 Å². The average molecular weight is 573 g/mol. The molecule has 0 heterocycles. The molecule has 204 valence electrons. The molecule has 37 heavy (non-hydrogen) atoms. The summed E-state index contributed by atoms with van der Waals surface area (Å²) in [5.74, 6) is -0.527. The van der Waals surface area contributed by atoms with E-state index >= 15 is 0 Å². The summed E-state index contributed by atoms with van der Waals surface area (Å²) in [7, 11) is -3.88. The molecule has 1 N–H and O–H groups in total. The van der Waals surface area contributed by atoms with E-state index < -0.39 is 28.5 Å². The van der Waals surface area contributed by atoms with Crippen LogP contribution in [0.2, 0.25) is 10.0 Å². The van der Waals surface area contributed by atoms with Crippen LogP contribution < -0.4 is 14.4 Å². The lowest BCUT2D eigenvalue weighted by Crippen LogP contribution is -2.53. The SMILES string of the molecule is CCOc1ccccc1N(CC(=O)N(Cc1ccc(Cl)c(Cl)c1)[C@H](CC)C(=O)N[C@@H](C)CC)S(C)(=O)=O. The highest BCUT2D eigenvalue weighted by atomic mass is 35.5. The van der Waals surface area contributed by atoms with Gasteiger partial charge in [-0.1, -0.05) is 55.2 Å². The summed E-state index contributed by atoms with van der Waals surface area (Å²) < 4.78 is 32.3. The van der Waals surface area contributed by atoms with Gasteiger partial charge in [-0.3, -0.25) is 13.9 Å². The van der Waals surface area contributed by atoms with Crippen molar-refractivity contribution in [2.75, 3.05) is 23.7 Å². The zero-order valence-corrected chi connectivity index (χ0v) is 24.2. The zero-order chi connectivity index (χ0) is 27.8. The molecule has 0 saturated heterocycles. The second kappa shape index (κ2) is 13.9. The number of para-hydroxylation sites is 2. The quantitative estimate of drug-likeness (QED) is 0.369. The Bertz CT molecular complexity index is 1190. The normalized spacial score (nSPS) is 12.9. The third kappa shape index (κ3) is 8.51. The number of benzene rings is 2. The number of ether oxygens (including phenoxy) is 1. The zero-order valence-electron chi connectivity index (χ0n) is 21.8. The van der Waals surface area contributed by atoms with E-state index in [2.05, 4.69) is 5.32 Å². The number of nitrogens with zero attached hydrogens (tertiary/aromatic N) is 2. The fourth-order valence-electron chi connectivity index (χ4n) is 3.73. The van der Waals surface area contributed by atoms with E-state index in [0.717, 1.165) is 17.0 Å². The van der Waals surface area contributed by atoms with Crippen LogP contribution in [0.1, 0.15) is 46.1 Å². The number of carbonyl (C=O) groups is 2. The van der Waals surface area contributed by atoms with E-state index in [4.69, 9.17) is 27.9 Å². The molecule has 0 aliphatic carbocycles. The summed E-state index contributed by atoms with van der Waals surface area (Å²) in [5, 5.41) is 3.61. The Morgan fingerprint density at radius 3 is 2.27 bits per heavy atom. The highest BCUT2D eigenvalue weighted by molar-refractivity contribution is 7.92. The van der Waals surface area contributed by atoms with Crippen LogP contribution in [0.4, 0.5) is 5.69 Å². The molecule has 2 amide bonds. The molecule has 0 fully saturated rings. The number of rotatable bonds is 13. The van der Waals surface area contributed by atoms with Crippen molar-refractivity contribution in [2.24, 2.45) is 0 Å². The summed E-state index contributed by atoms with van der Waals surface area (Å²) >= 11 is 12.3. The Balaban J connectivity index is 2.51. The fourth-order valence-corrected chi connectivity index (χ4v) is 4.90. The largest absolute Gasteiger partial charge is 0.492 e. The molecular weight excluding hydrogens is 537 g/mol. The summed E-state index contributed by atoms with van der Waals surface area (Å²) in [6, 6.07) is 10.6. The Hall–Kier alpha value is -2.49. The van der Waals surface area contributed by atoms with Crippen molar-refractivity contribution in [2.45, 2.75) is 59.2 Å². The van der Waals surface area contributed by atoms with Crippen molar-refractivity contribution in [3.05, 3.63) is 58.1 Å². The first-order valence-corrected chi connectivity index (χ1v) is 14.8. The first-order chi connectivity index (χ1) is 17.4. The molecule has 0 unspecified atom stereocenters. The topological polar surface area (TPSA) is 96.0 Å². The molecule has 0 radical (unpaired) electrons.